The van der Waals surface area contributed by atoms with Crippen LogP contribution in [0.1, 0.15) is 0 Å². The highest BCUT2D eigenvalue weighted by Gasteiger charge is 1.98. The Morgan fingerprint density at radius 3 is 2.21 bits per heavy atom. The number of halogens is 2. The molecule has 0 bridgehead atoms. The molecule has 4 nitrogen and oxygen atoms in total. The van der Waals surface area contributed by atoms with Gasteiger partial charge in [0.15, 0.2) is 0 Å². The maximum Gasteiger partial charge on any atom is 0.314 e. The molecule has 0 radical (unpaired) electrons. The highest BCUT2D eigenvalue weighted by atomic mass is 79.9. The number of rotatable bonds is 0. The standard InChI is InChI=1S/C8H5ClN2O2.BrH/c9-4-1-2-5-6(3-4)11-8(13)7(12)10-5;/h1-3H,(H,10,12)(H,11,13);1H. The summed E-state index contributed by atoms with van der Waals surface area (Å²) in [4.78, 5) is 26.6. The second kappa shape index (κ2) is 3.98. The van der Waals surface area contributed by atoms with Crippen molar-refractivity contribution in [3.8, 4) is 0 Å². The van der Waals surface area contributed by atoms with E-state index < -0.39 is 11.1 Å². The lowest BCUT2D eigenvalue weighted by Gasteiger charge is -1.96. The van der Waals surface area contributed by atoms with Gasteiger partial charge in [0.1, 0.15) is 0 Å². The summed E-state index contributed by atoms with van der Waals surface area (Å²) in [5, 5.41) is 0.509. The van der Waals surface area contributed by atoms with E-state index in [-0.39, 0.29) is 17.0 Å². The summed E-state index contributed by atoms with van der Waals surface area (Å²) in [6.07, 6.45) is 0. The highest BCUT2D eigenvalue weighted by Crippen LogP contribution is 2.12. The lowest BCUT2D eigenvalue weighted by Crippen LogP contribution is -2.28. The summed E-state index contributed by atoms with van der Waals surface area (Å²) in [5.41, 5.74) is -0.240. The number of aromatic nitrogens is 2. The monoisotopic (exact) mass is 276 g/mol. The van der Waals surface area contributed by atoms with Crippen LogP contribution < -0.4 is 11.1 Å². The molecule has 0 spiro atoms. The Bertz CT molecular complexity index is 575. The average molecular weight is 278 g/mol. The molecule has 1 aromatic carbocycles. The van der Waals surface area contributed by atoms with Crippen LogP contribution in [0.2, 0.25) is 5.02 Å². The zero-order chi connectivity index (χ0) is 9.42. The molecular formula is C8H6BrClN2O2. The maximum absolute atomic E-state index is 10.9. The van der Waals surface area contributed by atoms with Gasteiger partial charge in [-0.05, 0) is 18.2 Å². The molecule has 2 aromatic rings. The van der Waals surface area contributed by atoms with Crippen molar-refractivity contribution in [2.75, 3.05) is 0 Å². The minimum atomic E-state index is -0.672. The van der Waals surface area contributed by atoms with Crippen LogP contribution in [0.3, 0.4) is 0 Å². The largest absolute Gasteiger partial charge is 0.316 e. The van der Waals surface area contributed by atoms with Crippen LogP contribution >= 0.6 is 28.6 Å². The fourth-order valence-electron chi connectivity index (χ4n) is 1.09. The Morgan fingerprint density at radius 1 is 1.00 bits per heavy atom. The third kappa shape index (κ3) is 1.88. The van der Waals surface area contributed by atoms with Crippen LogP contribution in [0.4, 0.5) is 0 Å². The molecule has 1 aromatic heterocycles. The van der Waals surface area contributed by atoms with Gasteiger partial charge in [-0.1, -0.05) is 11.6 Å². The topological polar surface area (TPSA) is 65.7 Å². The van der Waals surface area contributed by atoms with E-state index in [1.165, 1.54) is 0 Å². The van der Waals surface area contributed by atoms with Crippen molar-refractivity contribution in [3.63, 3.8) is 0 Å². The number of benzene rings is 1. The van der Waals surface area contributed by atoms with Crippen molar-refractivity contribution < 1.29 is 0 Å². The molecule has 1 heterocycles. The first-order valence-electron chi connectivity index (χ1n) is 3.59. The van der Waals surface area contributed by atoms with E-state index in [9.17, 15) is 9.59 Å². The normalized spacial score (nSPS) is 9.79. The predicted molar refractivity (Wildman–Crippen MR) is 60.5 cm³/mol. The fraction of sp³-hybridized carbons (Fsp3) is 0. The van der Waals surface area contributed by atoms with Crippen LogP contribution in [-0.4, -0.2) is 9.97 Å². The van der Waals surface area contributed by atoms with Gasteiger partial charge < -0.3 is 9.97 Å². The molecule has 0 fully saturated rings. The van der Waals surface area contributed by atoms with Crippen LogP contribution in [0, 0.1) is 0 Å². The Hall–Kier alpha value is -1.07. The van der Waals surface area contributed by atoms with Crippen LogP contribution in [0.15, 0.2) is 27.8 Å². The summed E-state index contributed by atoms with van der Waals surface area (Å²) < 4.78 is 0. The minimum absolute atomic E-state index is 0. The van der Waals surface area contributed by atoms with Crippen molar-refractivity contribution in [3.05, 3.63) is 43.9 Å². The van der Waals surface area contributed by atoms with Gasteiger partial charge >= 0.3 is 11.1 Å². The van der Waals surface area contributed by atoms with Crippen LogP contribution in [-0.2, 0) is 0 Å². The Kier molecular flexibility index (Phi) is 3.13. The van der Waals surface area contributed by atoms with Crippen molar-refractivity contribution in [2.24, 2.45) is 0 Å². The second-order valence-electron chi connectivity index (χ2n) is 2.60. The molecule has 0 aliphatic heterocycles. The van der Waals surface area contributed by atoms with Crippen molar-refractivity contribution >= 4 is 39.6 Å². The number of hydrogen-bond acceptors (Lipinski definition) is 2. The van der Waals surface area contributed by atoms with Gasteiger partial charge in [0.2, 0.25) is 0 Å². The predicted octanol–water partition coefficient (Wildman–Crippen LogP) is 1.45. The summed E-state index contributed by atoms with van der Waals surface area (Å²) >= 11 is 5.70. The van der Waals surface area contributed by atoms with Crippen LogP contribution in [0.5, 0.6) is 0 Å². The van der Waals surface area contributed by atoms with Crippen LogP contribution in [0.25, 0.3) is 11.0 Å². The van der Waals surface area contributed by atoms with E-state index in [1.807, 2.05) is 0 Å². The second-order valence-corrected chi connectivity index (χ2v) is 3.03. The molecular weight excluding hydrogens is 271 g/mol. The average Bonchev–Trinajstić information content (AvgIpc) is 2.08. The van der Waals surface area contributed by atoms with E-state index in [4.69, 9.17) is 11.6 Å². The molecule has 0 saturated heterocycles. The molecule has 6 heteroatoms. The highest BCUT2D eigenvalue weighted by molar-refractivity contribution is 8.93. The lowest BCUT2D eigenvalue weighted by atomic mass is 10.3. The first-order valence-corrected chi connectivity index (χ1v) is 3.96. The molecule has 0 saturated carbocycles. The van der Waals surface area contributed by atoms with E-state index in [1.54, 1.807) is 18.2 Å². The molecule has 74 valence electrons. The Balaban J connectivity index is 0.000000980. The molecule has 2 rings (SSSR count). The summed E-state index contributed by atoms with van der Waals surface area (Å²) in [6.45, 7) is 0. The van der Waals surface area contributed by atoms with E-state index >= 15 is 0 Å². The first kappa shape index (κ1) is 11.0. The van der Waals surface area contributed by atoms with Gasteiger partial charge in [-0.15, -0.1) is 17.0 Å². The quantitative estimate of drug-likeness (QED) is 0.716. The Labute approximate surface area is 93.7 Å². The van der Waals surface area contributed by atoms with Gasteiger partial charge in [0.05, 0.1) is 11.0 Å². The van der Waals surface area contributed by atoms with E-state index in [2.05, 4.69) is 9.97 Å². The van der Waals surface area contributed by atoms with Gasteiger partial charge in [0, 0.05) is 5.02 Å². The number of aromatic amines is 2. The number of nitrogens with one attached hydrogen (secondary N) is 2. The third-order valence-electron chi connectivity index (χ3n) is 1.68. The van der Waals surface area contributed by atoms with Gasteiger partial charge in [0.25, 0.3) is 0 Å². The summed E-state index contributed by atoms with van der Waals surface area (Å²) in [7, 11) is 0. The molecule has 0 atom stereocenters. The van der Waals surface area contributed by atoms with Gasteiger partial charge in [-0.2, -0.15) is 0 Å². The third-order valence-corrected chi connectivity index (χ3v) is 1.92. The van der Waals surface area contributed by atoms with Gasteiger partial charge in [-0.25, -0.2) is 0 Å². The fourth-order valence-corrected chi connectivity index (χ4v) is 1.26. The maximum atomic E-state index is 10.9. The molecule has 0 amide bonds. The van der Waals surface area contributed by atoms with Crippen molar-refractivity contribution in [2.45, 2.75) is 0 Å². The number of H-pyrrole nitrogens is 2. The first-order chi connectivity index (χ1) is 6.16. The number of hydrogen-bond donors (Lipinski definition) is 2. The summed E-state index contributed by atoms with van der Waals surface area (Å²) in [6, 6.07) is 4.85. The molecule has 0 aliphatic carbocycles. The smallest absolute Gasteiger partial charge is 0.314 e. The number of fused-ring (bicyclic) bond motifs is 1. The van der Waals surface area contributed by atoms with E-state index in [0.717, 1.165) is 0 Å². The summed E-state index contributed by atoms with van der Waals surface area (Å²) in [5.74, 6) is 0. The molecule has 14 heavy (non-hydrogen) atoms. The SMILES string of the molecule is Br.O=c1[nH]c2ccc(Cl)cc2[nH]c1=O. The van der Waals surface area contributed by atoms with Gasteiger partial charge in [-0.3, -0.25) is 9.59 Å². The van der Waals surface area contributed by atoms with Crippen molar-refractivity contribution in [1.29, 1.82) is 0 Å². The minimum Gasteiger partial charge on any atom is -0.316 e. The zero-order valence-electron chi connectivity index (χ0n) is 6.83. The molecule has 0 aliphatic rings. The molecule has 0 unspecified atom stereocenters. The molecule has 2 N–H and O–H groups in total. The van der Waals surface area contributed by atoms with Crippen molar-refractivity contribution in [1.82, 2.24) is 9.97 Å². The van der Waals surface area contributed by atoms with E-state index in [0.29, 0.717) is 16.1 Å². The zero-order valence-corrected chi connectivity index (χ0v) is 9.30. The Morgan fingerprint density at radius 2 is 1.57 bits per heavy atom. The lowest BCUT2D eigenvalue weighted by molar-refractivity contribution is 1.15.